The molecule has 2 aromatic rings. The summed E-state index contributed by atoms with van der Waals surface area (Å²) in [5.74, 6) is 0. The van der Waals surface area contributed by atoms with E-state index in [0.717, 1.165) is 6.42 Å². The summed E-state index contributed by atoms with van der Waals surface area (Å²) in [6.07, 6.45) is 3.28. The molecule has 18 heavy (non-hydrogen) atoms. The van der Waals surface area contributed by atoms with Crippen LogP contribution in [0.25, 0.3) is 6.08 Å². The first kappa shape index (κ1) is 11.6. The first-order chi connectivity index (χ1) is 8.78. The fourth-order valence-corrected chi connectivity index (χ4v) is 3.65. The maximum Gasteiger partial charge on any atom is 0.0467 e. The topological polar surface area (TPSA) is 0 Å². The van der Waals surface area contributed by atoms with Gasteiger partial charge in [0.2, 0.25) is 0 Å². The van der Waals surface area contributed by atoms with Gasteiger partial charge in [-0.2, -0.15) is 0 Å². The van der Waals surface area contributed by atoms with E-state index in [9.17, 15) is 0 Å². The summed E-state index contributed by atoms with van der Waals surface area (Å²) >= 11 is 1.92. The molecule has 0 aromatic heterocycles. The lowest BCUT2D eigenvalue weighted by molar-refractivity contribution is 0.687. The zero-order valence-electron chi connectivity index (χ0n) is 10.5. The maximum atomic E-state index is 2.34. The van der Waals surface area contributed by atoms with E-state index in [0.29, 0.717) is 0 Å². The minimum atomic E-state index is 0.146. The third-order valence-corrected chi connectivity index (χ3v) is 4.65. The fourth-order valence-electron chi connectivity index (χ4n) is 2.57. The van der Waals surface area contributed by atoms with Crippen LogP contribution in [0.5, 0.6) is 0 Å². The normalized spacial score (nSPS) is 21.6. The van der Waals surface area contributed by atoms with E-state index in [2.05, 4.69) is 73.0 Å². The van der Waals surface area contributed by atoms with Crippen LogP contribution in [0.1, 0.15) is 23.6 Å². The third-order valence-electron chi connectivity index (χ3n) is 3.49. The molecule has 0 N–H and O–H groups in total. The van der Waals surface area contributed by atoms with Gasteiger partial charge < -0.3 is 0 Å². The van der Waals surface area contributed by atoms with Gasteiger partial charge in [-0.15, -0.1) is 11.8 Å². The fraction of sp³-hybridized carbons (Fsp3) is 0.176. The van der Waals surface area contributed by atoms with Crippen LogP contribution in [0.4, 0.5) is 0 Å². The Bertz CT molecular complexity index is 571. The Morgan fingerprint density at radius 1 is 0.944 bits per heavy atom. The SMILES string of the molecule is CC1(Cc2ccccc2)SC=Cc2ccccc21. The lowest BCUT2D eigenvalue weighted by atomic mass is 9.89. The average molecular weight is 252 g/mol. The Balaban J connectivity index is 1.99. The first-order valence-electron chi connectivity index (χ1n) is 6.26. The lowest BCUT2D eigenvalue weighted by Crippen LogP contribution is -2.22. The summed E-state index contributed by atoms with van der Waals surface area (Å²) in [7, 11) is 0. The van der Waals surface area contributed by atoms with Gasteiger partial charge in [0.05, 0.1) is 0 Å². The molecule has 0 radical (unpaired) electrons. The van der Waals surface area contributed by atoms with Crippen molar-refractivity contribution in [2.75, 3.05) is 0 Å². The molecular formula is C17H16S. The summed E-state index contributed by atoms with van der Waals surface area (Å²) in [6, 6.07) is 19.5. The van der Waals surface area contributed by atoms with Crippen LogP contribution in [-0.4, -0.2) is 0 Å². The molecule has 0 amide bonds. The Morgan fingerprint density at radius 3 is 2.50 bits per heavy atom. The van der Waals surface area contributed by atoms with E-state index in [1.54, 1.807) is 0 Å². The molecule has 90 valence electrons. The van der Waals surface area contributed by atoms with Crippen LogP contribution in [0.3, 0.4) is 0 Å². The van der Waals surface area contributed by atoms with Crippen molar-refractivity contribution >= 4 is 17.8 Å². The van der Waals surface area contributed by atoms with Crippen LogP contribution in [0, 0.1) is 0 Å². The van der Waals surface area contributed by atoms with Gasteiger partial charge in [-0.3, -0.25) is 0 Å². The molecular weight excluding hydrogens is 236 g/mol. The molecule has 1 aliphatic heterocycles. The van der Waals surface area contributed by atoms with Crippen molar-refractivity contribution in [3.05, 3.63) is 76.7 Å². The van der Waals surface area contributed by atoms with Crippen molar-refractivity contribution in [2.45, 2.75) is 18.1 Å². The maximum absolute atomic E-state index is 2.34. The molecule has 0 saturated carbocycles. The van der Waals surface area contributed by atoms with Gasteiger partial charge in [0.15, 0.2) is 0 Å². The Kier molecular flexibility index (Phi) is 3.00. The molecule has 1 unspecified atom stereocenters. The van der Waals surface area contributed by atoms with Crippen LogP contribution in [-0.2, 0) is 11.2 Å². The molecule has 1 heterocycles. The molecule has 1 aliphatic rings. The zero-order chi connectivity index (χ0) is 12.4. The van der Waals surface area contributed by atoms with Crippen molar-refractivity contribution in [3.63, 3.8) is 0 Å². The summed E-state index contributed by atoms with van der Waals surface area (Å²) in [6.45, 7) is 2.34. The molecule has 0 bridgehead atoms. The van der Waals surface area contributed by atoms with Crippen LogP contribution >= 0.6 is 11.8 Å². The van der Waals surface area contributed by atoms with Crippen LogP contribution < -0.4 is 0 Å². The van der Waals surface area contributed by atoms with E-state index in [1.807, 2.05) is 11.8 Å². The van der Waals surface area contributed by atoms with Gasteiger partial charge in [0.1, 0.15) is 0 Å². The molecule has 0 spiro atoms. The number of hydrogen-bond acceptors (Lipinski definition) is 1. The average Bonchev–Trinajstić information content (AvgIpc) is 2.40. The lowest BCUT2D eigenvalue weighted by Gasteiger charge is -2.32. The number of thioether (sulfide) groups is 1. The van der Waals surface area contributed by atoms with E-state index in [4.69, 9.17) is 0 Å². The highest BCUT2D eigenvalue weighted by molar-refractivity contribution is 8.03. The van der Waals surface area contributed by atoms with Crippen molar-refractivity contribution in [2.24, 2.45) is 0 Å². The van der Waals surface area contributed by atoms with Gasteiger partial charge in [-0.1, -0.05) is 54.6 Å². The monoisotopic (exact) mass is 252 g/mol. The molecule has 0 aliphatic carbocycles. The largest absolute Gasteiger partial charge is 0.122 e. The zero-order valence-corrected chi connectivity index (χ0v) is 11.3. The number of fused-ring (bicyclic) bond motifs is 1. The highest BCUT2D eigenvalue weighted by Crippen LogP contribution is 2.45. The van der Waals surface area contributed by atoms with Crippen molar-refractivity contribution in [1.82, 2.24) is 0 Å². The highest BCUT2D eigenvalue weighted by Gasteiger charge is 2.30. The van der Waals surface area contributed by atoms with Gasteiger partial charge in [-0.25, -0.2) is 0 Å². The summed E-state index contributed by atoms with van der Waals surface area (Å²) in [5, 5.41) is 2.23. The van der Waals surface area contributed by atoms with Gasteiger partial charge >= 0.3 is 0 Å². The van der Waals surface area contributed by atoms with Gasteiger partial charge in [-0.05, 0) is 41.5 Å². The van der Waals surface area contributed by atoms with Gasteiger partial charge in [0, 0.05) is 4.75 Å². The summed E-state index contributed by atoms with van der Waals surface area (Å²) in [4.78, 5) is 0. The molecule has 3 rings (SSSR count). The Hall–Kier alpha value is -1.47. The standard InChI is InChI=1S/C17H16S/c1-17(13-14-7-3-2-4-8-14)16-10-6-5-9-15(16)11-12-18-17/h2-12H,13H2,1H3. The second-order valence-electron chi connectivity index (χ2n) is 4.90. The van der Waals surface area contributed by atoms with E-state index in [-0.39, 0.29) is 4.75 Å². The third kappa shape index (κ3) is 2.11. The van der Waals surface area contributed by atoms with Gasteiger partial charge in [0.25, 0.3) is 0 Å². The van der Waals surface area contributed by atoms with E-state index < -0.39 is 0 Å². The van der Waals surface area contributed by atoms with Crippen molar-refractivity contribution < 1.29 is 0 Å². The minimum Gasteiger partial charge on any atom is -0.122 e. The number of rotatable bonds is 2. The second kappa shape index (κ2) is 4.66. The molecule has 1 atom stereocenters. The minimum absolute atomic E-state index is 0.146. The quantitative estimate of drug-likeness (QED) is 0.735. The smallest absolute Gasteiger partial charge is 0.0467 e. The summed E-state index contributed by atoms with van der Waals surface area (Å²) < 4.78 is 0.146. The highest BCUT2D eigenvalue weighted by atomic mass is 32.2. The Labute approximate surface area is 113 Å². The van der Waals surface area contributed by atoms with Crippen LogP contribution in [0.2, 0.25) is 0 Å². The van der Waals surface area contributed by atoms with Crippen LogP contribution in [0.15, 0.2) is 60.0 Å². The molecule has 0 fully saturated rings. The molecule has 1 heteroatoms. The summed E-state index contributed by atoms with van der Waals surface area (Å²) in [5.41, 5.74) is 4.20. The second-order valence-corrected chi connectivity index (χ2v) is 6.31. The Morgan fingerprint density at radius 2 is 1.67 bits per heavy atom. The van der Waals surface area contributed by atoms with E-state index in [1.165, 1.54) is 16.7 Å². The predicted octanol–water partition coefficient (Wildman–Crippen LogP) is 4.86. The molecule has 0 nitrogen and oxygen atoms in total. The van der Waals surface area contributed by atoms with Crippen molar-refractivity contribution in [1.29, 1.82) is 0 Å². The number of benzene rings is 2. The predicted molar refractivity (Wildman–Crippen MR) is 80.6 cm³/mol. The molecule has 0 saturated heterocycles. The van der Waals surface area contributed by atoms with E-state index >= 15 is 0 Å². The first-order valence-corrected chi connectivity index (χ1v) is 7.14. The van der Waals surface area contributed by atoms with Crippen molar-refractivity contribution in [3.8, 4) is 0 Å². The number of hydrogen-bond donors (Lipinski definition) is 0. The molecule has 2 aromatic carbocycles.